The largest absolute Gasteiger partial charge is 0.389 e. The number of allylic oxidation sites excluding steroid dienone is 14. The van der Waals surface area contributed by atoms with Crippen LogP contribution in [0.4, 0.5) is 0 Å². The molecule has 254 valence electrons. The van der Waals surface area contributed by atoms with Crippen LogP contribution in [0.1, 0.15) is 67.7 Å². The summed E-state index contributed by atoms with van der Waals surface area (Å²) >= 11 is 0. The highest BCUT2D eigenvalue weighted by molar-refractivity contribution is 5.94. The molecule has 1 saturated heterocycles. The number of nitrogens with one attached hydrogen (secondary N) is 1. The summed E-state index contributed by atoms with van der Waals surface area (Å²) in [6.07, 6.45) is 24.3. The molecular weight excluding hydrogens is 580 g/mol. The Hall–Kier alpha value is -3.11. The smallest absolute Gasteiger partial charge is 0.247 e. The van der Waals surface area contributed by atoms with Crippen LogP contribution in [0.2, 0.25) is 0 Å². The topological polar surface area (TPSA) is 134 Å². The molecule has 0 aromatic rings. The Labute approximate surface area is 276 Å². The molecule has 0 radical (unpaired) electrons. The summed E-state index contributed by atoms with van der Waals surface area (Å²) in [6.45, 7) is 13.7. The summed E-state index contributed by atoms with van der Waals surface area (Å²) in [4.78, 5) is 13.3. The van der Waals surface area contributed by atoms with E-state index in [9.17, 15) is 20.1 Å². The molecule has 0 bridgehead atoms. The molecule has 0 aliphatic carbocycles. The van der Waals surface area contributed by atoms with Gasteiger partial charge in [0.15, 0.2) is 6.29 Å². The molecule has 8 heteroatoms. The fourth-order valence-electron chi connectivity index (χ4n) is 4.74. The van der Waals surface area contributed by atoms with Crippen LogP contribution in [-0.2, 0) is 14.3 Å². The normalized spacial score (nSPS) is 39.7. The van der Waals surface area contributed by atoms with Gasteiger partial charge < -0.3 is 35.8 Å². The van der Waals surface area contributed by atoms with Crippen molar-refractivity contribution in [3.63, 3.8) is 0 Å². The Morgan fingerprint density at radius 2 is 1.74 bits per heavy atom. The van der Waals surface area contributed by atoms with Crippen LogP contribution in [0.5, 0.6) is 0 Å². The van der Waals surface area contributed by atoms with Gasteiger partial charge in [-0.1, -0.05) is 122 Å². The van der Waals surface area contributed by atoms with Crippen LogP contribution in [-0.4, -0.2) is 70.1 Å². The van der Waals surface area contributed by atoms with Gasteiger partial charge in [-0.3, -0.25) is 4.79 Å². The Bertz CT molecular complexity index is 1270. The molecular formula is C38H56N2O6. The first-order valence-corrected chi connectivity index (χ1v) is 16.2. The van der Waals surface area contributed by atoms with Crippen molar-refractivity contribution < 1.29 is 29.6 Å². The number of hydrogen-bond acceptors (Lipinski definition) is 7. The van der Waals surface area contributed by atoms with Crippen molar-refractivity contribution in [2.75, 3.05) is 6.61 Å². The first-order chi connectivity index (χ1) is 21.7. The zero-order valence-electron chi connectivity index (χ0n) is 28.6. The standard InChI is InChI=1S/C38H56N2O6/c1-8-26(2)23-31-24-29(5)16-10-9-13-22-38(7,44)33(46-37-34(39)35(42)32(41)25-45-37)19-12-11-15-27(3)17-14-18-28(4)20-21-30(6)40-36(31)43/h9-20,22,24,26,30,32-35,37,41-42,44H,8,21,23,25,39H2,1-7H3,(H,40,43)/b10-9+,15-11+,18-14+,19-12+,22-13+,27-17-,28-20-,29-16-,31-24-/t26-,30-,32+,33-,34+,35-,37-,38+/m0/s1. The molecule has 2 heterocycles. The van der Waals surface area contributed by atoms with E-state index >= 15 is 0 Å². The second-order valence-corrected chi connectivity index (χ2v) is 12.7. The van der Waals surface area contributed by atoms with Gasteiger partial charge in [0.25, 0.3) is 0 Å². The maximum absolute atomic E-state index is 13.3. The summed E-state index contributed by atoms with van der Waals surface area (Å²) in [7, 11) is 0. The van der Waals surface area contributed by atoms with E-state index in [0.717, 1.165) is 35.1 Å². The fourth-order valence-corrected chi connectivity index (χ4v) is 4.74. The zero-order chi connectivity index (χ0) is 34.3. The third-order valence-corrected chi connectivity index (χ3v) is 8.01. The van der Waals surface area contributed by atoms with Crippen molar-refractivity contribution >= 4 is 5.91 Å². The van der Waals surface area contributed by atoms with Crippen molar-refractivity contribution in [3.05, 3.63) is 107 Å². The number of aliphatic hydroxyl groups excluding tert-OH is 2. The van der Waals surface area contributed by atoms with Gasteiger partial charge in [-0.05, 0) is 53.4 Å². The minimum atomic E-state index is -1.49. The van der Waals surface area contributed by atoms with Crippen molar-refractivity contribution in [2.45, 2.75) is 110 Å². The monoisotopic (exact) mass is 636 g/mol. The highest BCUT2D eigenvalue weighted by atomic mass is 16.7. The van der Waals surface area contributed by atoms with Crippen LogP contribution in [0.15, 0.2) is 107 Å². The molecule has 6 N–H and O–H groups in total. The first kappa shape index (κ1) is 39.1. The van der Waals surface area contributed by atoms with Crippen LogP contribution in [0.3, 0.4) is 0 Å². The lowest BCUT2D eigenvalue weighted by molar-refractivity contribution is -0.251. The summed E-state index contributed by atoms with van der Waals surface area (Å²) < 4.78 is 11.6. The molecule has 8 atom stereocenters. The van der Waals surface area contributed by atoms with Crippen LogP contribution in [0.25, 0.3) is 0 Å². The predicted molar refractivity (Wildman–Crippen MR) is 187 cm³/mol. The van der Waals surface area contributed by atoms with Crippen molar-refractivity contribution in [3.8, 4) is 0 Å². The van der Waals surface area contributed by atoms with E-state index in [4.69, 9.17) is 15.2 Å². The summed E-state index contributed by atoms with van der Waals surface area (Å²) in [5.74, 6) is 0.321. The number of carbonyl (C=O) groups excluding carboxylic acids is 1. The summed E-state index contributed by atoms with van der Waals surface area (Å²) in [5, 5.41) is 34.8. The van der Waals surface area contributed by atoms with Gasteiger partial charge >= 0.3 is 0 Å². The number of nitrogens with two attached hydrogens (primary N) is 1. The highest BCUT2D eigenvalue weighted by Gasteiger charge is 2.40. The second kappa shape index (κ2) is 19.5. The maximum Gasteiger partial charge on any atom is 0.247 e. The third-order valence-electron chi connectivity index (χ3n) is 8.01. The molecule has 0 spiro atoms. The minimum absolute atomic E-state index is 0.0132. The molecule has 46 heavy (non-hydrogen) atoms. The fraction of sp³-hybridized carbons (Fsp3) is 0.500. The average Bonchev–Trinajstić information content (AvgIpc) is 3.00. The summed E-state index contributed by atoms with van der Waals surface area (Å²) in [6, 6.07) is -1.01. The van der Waals surface area contributed by atoms with Gasteiger partial charge in [-0.2, -0.15) is 0 Å². The Morgan fingerprint density at radius 3 is 2.46 bits per heavy atom. The molecule has 0 aromatic heterocycles. The molecule has 2 aliphatic rings. The lowest BCUT2D eigenvalue weighted by Gasteiger charge is -2.39. The van der Waals surface area contributed by atoms with Crippen molar-refractivity contribution in [1.29, 1.82) is 0 Å². The van der Waals surface area contributed by atoms with Gasteiger partial charge in [-0.25, -0.2) is 0 Å². The van der Waals surface area contributed by atoms with Crippen molar-refractivity contribution in [1.82, 2.24) is 5.32 Å². The zero-order valence-corrected chi connectivity index (χ0v) is 28.6. The lowest BCUT2D eigenvalue weighted by atomic mass is 9.96. The Kier molecular flexibility index (Phi) is 16.6. The molecule has 0 saturated carbocycles. The molecule has 2 aliphatic heterocycles. The molecule has 2 rings (SSSR count). The van der Waals surface area contributed by atoms with Gasteiger partial charge in [0, 0.05) is 11.6 Å². The first-order valence-electron chi connectivity index (χ1n) is 16.2. The molecule has 1 amide bonds. The summed E-state index contributed by atoms with van der Waals surface area (Å²) in [5.41, 5.74) is 8.39. The SMILES string of the molecule is CC[C@H](C)C/C1=C/C(C)=C\C=C\C=C\[C@@](C)(O)[C@@H](O[C@@H]2OC[C@@H](O)[C@H](O)[C@H]2N)/C=C/C=C/C(C)=C\C=C\C(C)=C/C[C@H](C)NC1=O. The van der Waals surface area contributed by atoms with E-state index in [-0.39, 0.29) is 18.6 Å². The average molecular weight is 637 g/mol. The number of amides is 1. The van der Waals surface area contributed by atoms with Gasteiger partial charge in [-0.15, -0.1) is 0 Å². The number of hydrogen-bond donors (Lipinski definition) is 5. The molecule has 8 nitrogen and oxygen atoms in total. The molecule has 1 fully saturated rings. The number of ether oxygens (including phenoxy) is 2. The van der Waals surface area contributed by atoms with E-state index in [1.165, 1.54) is 0 Å². The predicted octanol–water partition coefficient (Wildman–Crippen LogP) is 5.42. The highest BCUT2D eigenvalue weighted by Crippen LogP contribution is 2.24. The van der Waals surface area contributed by atoms with Crippen molar-refractivity contribution in [2.24, 2.45) is 11.7 Å². The van der Waals surface area contributed by atoms with Crippen LogP contribution >= 0.6 is 0 Å². The lowest BCUT2D eigenvalue weighted by Crippen LogP contribution is -2.59. The Balaban J connectivity index is 2.45. The van der Waals surface area contributed by atoms with E-state index in [0.29, 0.717) is 12.3 Å². The third kappa shape index (κ3) is 13.7. The van der Waals surface area contributed by atoms with Gasteiger partial charge in [0.1, 0.15) is 23.9 Å². The molecule has 0 aromatic carbocycles. The van der Waals surface area contributed by atoms with E-state index in [2.05, 4.69) is 25.2 Å². The van der Waals surface area contributed by atoms with Gasteiger partial charge in [0.05, 0.1) is 12.6 Å². The minimum Gasteiger partial charge on any atom is -0.389 e. The van der Waals surface area contributed by atoms with Gasteiger partial charge in [0.2, 0.25) is 5.91 Å². The van der Waals surface area contributed by atoms with E-state index in [1.54, 1.807) is 37.3 Å². The van der Waals surface area contributed by atoms with E-state index in [1.807, 2.05) is 76.3 Å². The quantitative estimate of drug-likeness (QED) is 0.272. The van der Waals surface area contributed by atoms with Crippen LogP contribution < -0.4 is 11.1 Å². The maximum atomic E-state index is 13.3. The number of carbonyl (C=O) groups is 1. The number of aliphatic hydroxyl groups is 3. The Morgan fingerprint density at radius 1 is 1.04 bits per heavy atom. The van der Waals surface area contributed by atoms with E-state index < -0.39 is 36.2 Å². The number of rotatable bonds is 5. The molecule has 0 unspecified atom stereocenters. The second-order valence-electron chi connectivity index (χ2n) is 12.7. The van der Waals surface area contributed by atoms with Crippen LogP contribution in [0, 0.1) is 5.92 Å².